The highest BCUT2D eigenvalue weighted by atomic mass is 16.1. The molecule has 0 aliphatic carbocycles. The van der Waals surface area contributed by atoms with Crippen LogP contribution in [0.15, 0.2) is 4.79 Å². The summed E-state index contributed by atoms with van der Waals surface area (Å²) in [6.45, 7) is 3.80. The lowest BCUT2D eigenvalue weighted by Gasteiger charge is -2.13. The summed E-state index contributed by atoms with van der Waals surface area (Å²) in [5.41, 5.74) is 12.4. The molecule has 0 bridgehead atoms. The van der Waals surface area contributed by atoms with E-state index in [-0.39, 0.29) is 17.2 Å². The van der Waals surface area contributed by atoms with Gasteiger partial charge in [0, 0.05) is 11.8 Å². The Bertz CT molecular complexity index is 420. The average Bonchev–Trinajstić information content (AvgIpc) is 2.11. The van der Waals surface area contributed by atoms with Crippen molar-refractivity contribution >= 4 is 17.6 Å². The van der Waals surface area contributed by atoms with Crippen molar-refractivity contribution in [3.05, 3.63) is 21.6 Å². The maximum atomic E-state index is 11.3. The lowest BCUT2D eigenvalue weighted by Crippen LogP contribution is -2.20. The van der Waals surface area contributed by atoms with E-state index in [2.05, 4.69) is 4.98 Å². The van der Waals surface area contributed by atoms with Crippen LogP contribution in [0.3, 0.4) is 0 Å². The first-order valence-corrected chi connectivity index (χ1v) is 4.30. The van der Waals surface area contributed by atoms with Crippen LogP contribution in [0, 0.1) is 5.41 Å². The SMILES string of the molecule is CC(C)c1c(N)c(C=N)[nH]c(=O)c1N. The van der Waals surface area contributed by atoms with Gasteiger partial charge in [-0.15, -0.1) is 0 Å². The number of rotatable bonds is 2. The zero-order valence-electron chi connectivity index (χ0n) is 8.22. The number of pyridine rings is 1. The van der Waals surface area contributed by atoms with Gasteiger partial charge in [-0.05, 0) is 5.92 Å². The molecule has 0 aliphatic heterocycles. The number of aromatic amines is 1. The summed E-state index contributed by atoms with van der Waals surface area (Å²) in [7, 11) is 0. The van der Waals surface area contributed by atoms with E-state index >= 15 is 0 Å². The van der Waals surface area contributed by atoms with Crippen LogP contribution in [0.5, 0.6) is 0 Å². The van der Waals surface area contributed by atoms with Crippen LogP contribution in [0.25, 0.3) is 0 Å². The van der Waals surface area contributed by atoms with E-state index in [1.807, 2.05) is 13.8 Å². The number of hydrogen-bond donors (Lipinski definition) is 4. The summed E-state index contributed by atoms with van der Waals surface area (Å²) in [5, 5.41) is 7.07. The molecule has 76 valence electrons. The number of nitrogens with one attached hydrogen (secondary N) is 2. The molecule has 14 heavy (non-hydrogen) atoms. The molecule has 0 radical (unpaired) electrons. The Morgan fingerprint density at radius 3 is 2.36 bits per heavy atom. The van der Waals surface area contributed by atoms with Gasteiger partial charge < -0.3 is 21.9 Å². The lowest BCUT2D eigenvalue weighted by atomic mass is 9.99. The van der Waals surface area contributed by atoms with Gasteiger partial charge in [0.2, 0.25) is 0 Å². The fourth-order valence-corrected chi connectivity index (χ4v) is 1.41. The van der Waals surface area contributed by atoms with Crippen LogP contribution in [0.1, 0.15) is 31.0 Å². The van der Waals surface area contributed by atoms with Crippen LogP contribution >= 0.6 is 0 Å². The molecule has 0 aromatic carbocycles. The fraction of sp³-hybridized carbons (Fsp3) is 0.333. The molecule has 0 saturated carbocycles. The van der Waals surface area contributed by atoms with Gasteiger partial charge >= 0.3 is 0 Å². The van der Waals surface area contributed by atoms with Gasteiger partial charge in [-0.2, -0.15) is 0 Å². The highest BCUT2D eigenvalue weighted by Crippen LogP contribution is 2.26. The summed E-state index contributed by atoms with van der Waals surface area (Å²) >= 11 is 0. The number of H-pyrrole nitrogens is 1. The van der Waals surface area contributed by atoms with Gasteiger partial charge in [0.05, 0.1) is 11.4 Å². The minimum Gasteiger partial charge on any atom is -0.397 e. The van der Waals surface area contributed by atoms with Crippen LogP contribution in [0.2, 0.25) is 0 Å². The Labute approximate surface area is 81.6 Å². The molecule has 0 aliphatic rings. The van der Waals surface area contributed by atoms with E-state index < -0.39 is 0 Å². The second-order valence-electron chi connectivity index (χ2n) is 3.41. The quantitative estimate of drug-likeness (QED) is 0.519. The molecular formula is C9H14N4O. The molecule has 0 unspecified atom stereocenters. The Morgan fingerprint density at radius 1 is 1.36 bits per heavy atom. The number of nitrogens with two attached hydrogens (primary N) is 2. The van der Waals surface area contributed by atoms with Crippen molar-refractivity contribution in [2.75, 3.05) is 11.5 Å². The van der Waals surface area contributed by atoms with Gasteiger partial charge in [0.1, 0.15) is 5.69 Å². The molecule has 5 heteroatoms. The van der Waals surface area contributed by atoms with Crippen molar-refractivity contribution in [1.29, 1.82) is 5.41 Å². The van der Waals surface area contributed by atoms with Crippen molar-refractivity contribution in [2.24, 2.45) is 0 Å². The monoisotopic (exact) mass is 194 g/mol. The average molecular weight is 194 g/mol. The minimum atomic E-state index is -0.388. The van der Waals surface area contributed by atoms with Gasteiger partial charge in [-0.3, -0.25) is 4.79 Å². The molecule has 0 atom stereocenters. The molecule has 1 rings (SSSR count). The third-order valence-electron chi connectivity index (χ3n) is 2.09. The third-order valence-corrected chi connectivity index (χ3v) is 2.09. The maximum Gasteiger partial charge on any atom is 0.271 e. The summed E-state index contributed by atoms with van der Waals surface area (Å²) in [4.78, 5) is 13.8. The highest BCUT2D eigenvalue weighted by Gasteiger charge is 2.14. The molecule has 0 amide bonds. The smallest absolute Gasteiger partial charge is 0.271 e. The first-order valence-electron chi connectivity index (χ1n) is 4.30. The maximum absolute atomic E-state index is 11.3. The van der Waals surface area contributed by atoms with E-state index in [1.54, 1.807) is 0 Å². The molecule has 5 nitrogen and oxygen atoms in total. The van der Waals surface area contributed by atoms with Crippen molar-refractivity contribution < 1.29 is 0 Å². The van der Waals surface area contributed by atoms with Crippen molar-refractivity contribution in [1.82, 2.24) is 4.98 Å². The van der Waals surface area contributed by atoms with Gasteiger partial charge in [-0.25, -0.2) is 0 Å². The predicted molar refractivity (Wildman–Crippen MR) is 57.9 cm³/mol. The number of hydrogen-bond acceptors (Lipinski definition) is 4. The van der Waals surface area contributed by atoms with Crippen LogP contribution in [-0.4, -0.2) is 11.2 Å². The van der Waals surface area contributed by atoms with E-state index in [0.29, 0.717) is 16.9 Å². The van der Waals surface area contributed by atoms with Crippen molar-refractivity contribution in [2.45, 2.75) is 19.8 Å². The third kappa shape index (κ3) is 1.48. The van der Waals surface area contributed by atoms with Crippen LogP contribution in [-0.2, 0) is 0 Å². The topological polar surface area (TPSA) is 109 Å². The first kappa shape index (κ1) is 10.3. The minimum absolute atomic E-state index is 0.0657. The van der Waals surface area contributed by atoms with Gasteiger partial charge in [-0.1, -0.05) is 13.8 Å². The Balaban J connectivity index is 3.61. The number of aromatic nitrogens is 1. The Morgan fingerprint density at radius 2 is 1.93 bits per heavy atom. The molecular weight excluding hydrogens is 180 g/mol. The normalized spacial score (nSPS) is 10.5. The Hall–Kier alpha value is -1.78. The molecule has 1 heterocycles. The zero-order chi connectivity index (χ0) is 10.9. The highest BCUT2D eigenvalue weighted by molar-refractivity contribution is 5.85. The molecule has 1 aromatic rings. The predicted octanol–water partition coefficient (Wildman–Crippen LogP) is 0.660. The molecule has 6 N–H and O–H groups in total. The largest absolute Gasteiger partial charge is 0.397 e. The summed E-state index contributed by atoms with van der Waals surface area (Å²) in [6.07, 6.45) is 1.02. The standard InChI is InChI=1S/C9H14N4O/c1-4(2)6-7(11)5(3-10)13-9(14)8(6)12/h3-4,10H,11-12H2,1-2H3,(H,13,14). The molecule has 1 aromatic heterocycles. The van der Waals surface area contributed by atoms with E-state index in [1.165, 1.54) is 0 Å². The van der Waals surface area contributed by atoms with Crippen molar-refractivity contribution in [3.8, 4) is 0 Å². The molecule has 0 fully saturated rings. The van der Waals surface area contributed by atoms with Gasteiger partial charge in [0.15, 0.2) is 0 Å². The second kappa shape index (κ2) is 3.53. The number of anilines is 2. The van der Waals surface area contributed by atoms with E-state index in [4.69, 9.17) is 16.9 Å². The van der Waals surface area contributed by atoms with Crippen LogP contribution < -0.4 is 17.0 Å². The number of nitrogen functional groups attached to an aromatic ring is 2. The summed E-state index contributed by atoms with van der Waals surface area (Å²) in [6, 6.07) is 0. The summed E-state index contributed by atoms with van der Waals surface area (Å²) in [5.74, 6) is 0.0657. The van der Waals surface area contributed by atoms with E-state index in [0.717, 1.165) is 6.21 Å². The van der Waals surface area contributed by atoms with Crippen molar-refractivity contribution in [3.63, 3.8) is 0 Å². The van der Waals surface area contributed by atoms with Crippen LogP contribution in [0.4, 0.5) is 11.4 Å². The zero-order valence-corrected chi connectivity index (χ0v) is 8.22. The van der Waals surface area contributed by atoms with E-state index in [9.17, 15) is 4.79 Å². The van der Waals surface area contributed by atoms with Gasteiger partial charge in [0.25, 0.3) is 5.56 Å². The molecule has 0 spiro atoms. The summed E-state index contributed by atoms with van der Waals surface area (Å²) < 4.78 is 0. The second-order valence-corrected chi connectivity index (χ2v) is 3.41. The lowest BCUT2D eigenvalue weighted by molar-refractivity contribution is 0.866. The molecule has 0 saturated heterocycles. The first-order chi connectivity index (χ1) is 6.49. The Kier molecular flexibility index (Phi) is 2.60. The fourth-order valence-electron chi connectivity index (χ4n) is 1.41.